The Morgan fingerprint density at radius 3 is 3.18 bits per heavy atom. The number of hydrogen-bond acceptors (Lipinski definition) is 3. The minimum absolute atomic E-state index is 0.366. The van der Waals surface area contributed by atoms with Crippen LogP contribution in [0, 0.1) is 0 Å². The van der Waals surface area contributed by atoms with Crippen LogP contribution in [-0.2, 0) is 4.79 Å². The van der Waals surface area contributed by atoms with Crippen LogP contribution in [0.5, 0.6) is 0 Å². The van der Waals surface area contributed by atoms with Crippen LogP contribution < -0.4 is 5.32 Å². The van der Waals surface area contributed by atoms with Gasteiger partial charge in [-0.3, -0.25) is 15.0 Å². The molecule has 0 saturated carbocycles. The highest BCUT2D eigenvalue weighted by Crippen LogP contribution is 2.14. The zero-order valence-corrected chi connectivity index (χ0v) is 6.03. The Balaban J connectivity index is 2.18. The lowest BCUT2D eigenvalue weighted by molar-refractivity contribution is -0.141. The first-order chi connectivity index (χ1) is 5.27. The van der Waals surface area contributed by atoms with Crippen molar-refractivity contribution in [1.82, 2.24) is 10.2 Å². The Kier molecular flexibility index (Phi) is 1.44. The van der Waals surface area contributed by atoms with Crippen LogP contribution in [0.4, 0.5) is 0 Å². The molecule has 0 radical (unpaired) electrons. The Morgan fingerprint density at radius 1 is 1.64 bits per heavy atom. The molecule has 2 aliphatic rings. The van der Waals surface area contributed by atoms with Crippen LogP contribution in [-0.4, -0.2) is 41.3 Å². The predicted molar refractivity (Wildman–Crippen MR) is 39.1 cm³/mol. The van der Waals surface area contributed by atoms with E-state index in [4.69, 9.17) is 5.11 Å². The molecule has 2 bridgehead atoms. The van der Waals surface area contributed by atoms with Gasteiger partial charge >= 0.3 is 5.97 Å². The van der Waals surface area contributed by atoms with Gasteiger partial charge in [-0.1, -0.05) is 12.2 Å². The Bertz CT molecular complexity index is 214. The fourth-order valence-electron chi connectivity index (χ4n) is 1.56. The number of nitrogens with one attached hydrogen (secondary N) is 1. The summed E-state index contributed by atoms with van der Waals surface area (Å²) in [6.45, 7) is 1.52. The van der Waals surface area contributed by atoms with E-state index in [9.17, 15) is 4.79 Å². The summed E-state index contributed by atoms with van der Waals surface area (Å²) in [7, 11) is 0. The monoisotopic (exact) mass is 154 g/mol. The smallest absolute Gasteiger partial charge is 0.324 e. The maximum atomic E-state index is 10.6. The first-order valence-corrected chi connectivity index (χ1v) is 3.66. The molecule has 3 atom stereocenters. The number of hydrogen-bond donors (Lipinski definition) is 2. The molecule has 0 aromatic rings. The summed E-state index contributed by atoms with van der Waals surface area (Å²) >= 11 is 0. The molecular weight excluding hydrogens is 144 g/mol. The third-order valence-electron chi connectivity index (χ3n) is 2.16. The van der Waals surface area contributed by atoms with Gasteiger partial charge in [-0.05, 0) is 0 Å². The molecule has 0 amide bonds. The molecule has 2 rings (SSSR count). The molecule has 3 unspecified atom stereocenters. The maximum absolute atomic E-state index is 10.6. The van der Waals surface area contributed by atoms with E-state index in [1.165, 1.54) is 0 Å². The van der Waals surface area contributed by atoms with Crippen LogP contribution in [0.15, 0.2) is 12.2 Å². The number of carboxylic acid groups (broad SMARTS) is 1. The van der Waals surface area contributed by atoms with Crippen LogP contribution in [0.3, 0.4) is 0 Å². The summed E-state index contributed by atoms with van der Waals surface area (Å²) in [5.74, 6) is -0.761. The van der Waals surface area contributed by atoms with E-state index < -0.39 is 12.0 Å². The third-order valence-corrected chi connectivity index (χ3v) is 2.16. The van der Waals surface area contributed by atoms with Crippen molar-refractivity contribution in [3.63, 3.8) is 0 Å². The van der Waals surface area contributed by atoms with Crippen molar-refractivity contribution in [2.75, 3.05) is 13.2 Å². The summed E-state index contributed by atoms with van der Waals surface area (Å²) < 4.78 is 0. The van der Waals surface area contributed by atoms with Gasteiger partial charge < -0.3 is 5.11 Å². The fraction of sp³-hybridized carbons (Fsp3) is 0.571. The number of rotatable bonds is 1. The van der Waals surface area contributed by atoms with E-state index in [2.05, 4.69) is 5.32 Å². The maximum Gasteiger partial charge on any atom is 0.324 e. The molecule has 1 saturated heterocycles. The molecule has 2 N–H and O–H groups in total. The summed E-state index contributed by atoms with van der Waals surface area (Å²) in [5.41, 5.74) is 0. The highest BCUT2D eigenvalue weighted by Gasteiger charge is 2.32. The van der Waals surface area contributed by atoms with E-state index in [-0.39, 0.29) is 0 Å². The van der Waals surface area contributed by atoms with Gasteiger partial charge in [0.05, 0.1) is 0 Å². The molecule has 4 nitrogen and oxygen atoms in total. The molecule has 4 heteroatoms. The van der Waals surface area contributed by atoms with Crippen LogP contribution in [0.25, 0.3) is 0 Å². The minimum Gasteiger partial charge on any atom is -0.480 e. The average molecular weight is 154 g/mol. The molecule has 2 aliphatic heterocycles. The number of aliphatic carboxylic acids is 1. The van der Waals surface area contributed by atoms with E-state index in [1.807, 2.05) is 11.0 Å². The molecule has 11 heavy (non-hydrogen) atoms. The second-order valence-corrected chi connectivity index (χ2v) is 2.91. The van der Waals surface area contributed by atoms with Gasteiger partial charge in [-0.25, -0.2) is 0 Å². The van der Waals surface area contributed by atoms with Gasteiger partial charge in [0.1, 0.15) is 6.04 Å². The zero-order valence-electron chi connectivity index (χ0n) is 6.03. The standard InChI is InChI=1S/C7H10N2O2/c10-7(11)6-2-1-5-3-9(6)4-8-5/h1-2,5-6,8H,3-4H2,(H,10,11). The van der Waals surface area contributed by atoms with Crippen molar-refractivity contribution in [2.45, 2.75) is 12.1 Å². The van der Waals surface area contributed by atoms with Crippen molar-refractivity contribution < 1.29 is 9.90 Å². The first kappa shape index (κ1) is 6.82. The third kappa shape index (κ3) is 1.04. The molecule has 0 aromatic heterocycles. The van der Waals surface area contributed by atoms with Gasteiger partial charge in [0.15, 0.2) is 0 Å². The predicted octanol–water partition coefficient (Wildman–Crippen LogP) is -0.759. The van der Waals surface area contributed by atoms with Crippen LogP contribution >= 0.6 is 0 Å². The molecule has 0 aromatic carbocycles. The molecule has 1 fully saturated rings. The summed E-state index contributed by atoms with van der Waals surface area (Å²) in [4.78, 5) is 12.5. The molecular formula is C7H10N2O2. The normalized spacial score (nSPS) is 40.9. The zero-order chi connectivity index (χ0) is 7.84. The highest BCUT2D eigenvalue weighted by atomic mass is 16.4. The number of nitrogens with zero attached hydrogens (tertiary/aromatic N) is 1. The van der Waals surface area contributed by atoms with Crippen LogP contribution in [0.2, 0.25) is 0 Å². The van der Waals surface area contributed by atoms with Crippen molar-refractivity contribution >= 4 is 5.97 Å². The largest absolute Gasteiger partial charge is 0.480 e. The Hall–Kier alpha value is -0.870. The van der Waals surface area contributed by atoms with E-state index in [0.717, 1.165) is 6.54 Å². The van der Waals surface area contributed by atoms with Gasteiger partial charge in [0, 0.05) is 19.3 Å². The number of fused-ring (bicyclic) bond motifs is 2. The van der Waals surface area contributed by atoms with E-state index in [1.54, 1.807) is 6.08 Å². The van der Waals surface area contributed by atoms with E-state index >= 15 is 0 Å². The van der Waals surface area contributed by atoms with E-state index in [0.29, 0.717) is 12.7 Å². The van der Waals surface area contributed by atoms with Gasteiger partial charge in [0.2, 0.25) is 0 Å². The lowest BCUT2D eigenvalue weighted by atomic mass is 10.1. The second kappa shape index (κ2) is 2.32. The fourth-order valence-corrected chi connectivity index (χ4v) is 1.56. The average Bonchev–Trinajstić information content (AvgIpc) is 2.32. The lowest BCUT2D eigenvalue weighted by Gasteiger charge is -2.22. The number of carboxylic acids is 1. The lowest BCUT2D eigenvalue weighted by Crippen LogP contribution is -2.40. The Morgan fingerprint density at radius 2 is 2.45 bits per heavy atom. The van der Waals surface area contributed by atoms with Gasteiger partial charge in [0.25, 0.3) is 0 Å². The summed E-state index contributed by atoms with van der Waals surface area (Å²) in [6, 6.07) is -0.0492. The molecule has 2 heterocycles. The van der Waals surface area contributed by atoms with Crippen molar-refractivity contribution in [1.29, 1.82) is 0 Å². The van der Waals surface area contributed by atoms with Crippen molar-refractivity contribution in [2.24, 2.45) is 0 Å². The first-order valence-electron chi connectivity index (χ1n) is 3.66. The SMILES string of the molecule is O=C(O)C1C=CC2CN1CN2. The molecule has 0 aliphatic carbocycles. The highest BCUT2D eigenvalue weighted by molar-refractivity contribution is 5.76. The second-order valence-electron chi connectivity index (χ2n) is 2.91. The summed E-state index contributed by atoms with van der Waals surface area (Å²) in [6.07, 6.45) is 3.68. The number of carbonyl (C=O) groups is 1. The van der Waals surface area contributed by atoms with Gasteiger partial charge in [-0.15, -0.1) is 0 Å². The topological polar surface area (TPSA) is 52.6 Å². The molecule has 0 spiro atoms. The van der Waals surface area contributed by atoms with Crippen LogP contribution in [0.1, 0.15) is 0 Å². The van der Waals surface area contributed by atoms with Gasteiger partial charge in [-0.2, -0.15) is 0 Å². The Labute approximate surface area is 64.5 Å². The summed E-state index contributed by atoms with van der Waals surface area (Å²) in [5, 5.41) is 11.9. The minimum atomic E-state index is -0.761. The van der Waals surface area contributed by atoms with Crippen molar-refractivity contribution in [3.8, 4) is 0 Å². The van der Waals surface area contributed by atoms with Crippen molar-refractivity contribution in [3.05, 3.63) is 12.2 Å². The quantitative estimate of drug-likeness (QED) is 0.487. The molecule has 60 valence electrons.